The second-order valence-electron chi connectivity index (χ2n) is 8.23. The minimum atomic E-state index is -0.503. The molecule has 1 aromatic rings. The van der Waals surface area contributed by atoms with E-state index in [1.165, 1.54) is 17.4 Å². The van der Waals surface area contributed by atoms with Gasteiger partial charge >= 0.3 is 11.9 Å². The molecule has 0 aliphatic carbocycles. The molecule has 0 aromatic carbocycles. The summed E-state index contributed by atoms with van der Waals surface area (Å²) in [5, 5.41) is 2.83. The average Bonchev–Trinajstić information content (AvgIpc) is 3.08. The molecular weight excluding hydrogens is 411 g/mol. The van der Waals surface area contributed by atoms with Crippen LogP contribution < -0.4 is 5.73 Å². The number of fused-ring (bicyclic) bond motifs is 2. The van der Waals surface area contributed by atoms with Crippen LogP contribution in [0.2, 0.25) is 0 Å². The zero-order valence-corrected chi connectivity index (χ0v) is 19.5. The Hall–Kier alpha value is -2.19. The summed E-state index contributed by atoms with van der Waals surface area (Å²) in [6.45, 7) is 7.55. The van der Waals surface area contributed by atoms with Crippen molar-refractivity contribution in [3.05, 3.63) is 51.4 Å². The van der Waals surface area contributed by atoms with E-state index in [1.807, 2.05) is 26.2 Å². The van der Waals surface area contributed by atoms with Crippen LogP contribution >= 0.6 is 11.3 Å². The summed E-state index contributed by atoms with van der Waals surface area (Å²) in [6, 6.07) is -0.307. The number of carbonyl (C=O) groups excluding carboxylic acids is 2. The van der Waals surface area contributed by atoms with Crippen molar-refractivity contribution in [1.29, 1.82) is 0 Å². The Morgan fingerprint density at radius 2 is 2.00 bits per heavy atom. The van der Waals surface area contributed by atoms with Crippen LogP contribution in [0.15, 0.2) is 40.7 Å². The third-order valence-electron chi connectivity index (χ3n) is 4.81. The lowest BCUT2D eigenvalue weighted by atomic mass is 9.95. The van der Waals surface area contributed by atoms with Crippen molar-refractivity contribution in [1.82, 2.24) is 4.98 Å². The number of cyclic esters (lactones) is 2. The zero-order valence-electron chi connectivity index (χ0n) is 18.7. The number of nitrogens with zero attached hydrogens (tertiary/aromatic N) is 1. The van der Waals surface area contributed by atoms with E-state index in [2.05, 4.69) is 4.98 Å². The van der Waals surface area contributed by atoms with E-state index in [-0.39, 0.29) is 30.5 Å². The van der Waals surface area contributed by atoms with Crippen LogP contribution in [0.5, 0.6) is 0 Å². The molecule has 166 valence electrons. The highest BCUT2D eigenvalue weighted by Gasteiger charge is 2.20. The smallest absolute Gasteiger partial charge is 0.331 e. The van der Waals surface area contributed by atoms with Crippen molar-refractivity contribution < 1.29 is 19.1 Å². The Bertz CT molecular complexity index is 858. The van der Waals surface area contributed by atoms with Crippen LogP contribution in [-0.4, -0.2) is 43.0 Å². The lowest BCUT2D eigenvalue weighted by Crippen LogP contribution is -2.28. The highest BCUT2D eigenvalue weighted by molar-refractivity contribution is 7.09. The van der Waals surface area contributed by atoms with Crippen molar-refractivity contribution in [2.24, 2.45) is 5.73 Å². The van der Waals surface area contributed by atoms with E-state index < -0.39 is 12.1 Å². The van der Waals surface area contributed by atoms with Gasteiger partial charge < -0.3 is 15.2 Å². The van der Waals surface area contributed by atoms with Crippen molar-refractivity contribution in [2.45, 2.75) is 77.5 Å². The number of thiazole rings is 1. The number of esters is 2. The molecule has 0 saturated heterocycles. The maximum Gasteiger partial charge on any atom is 0.331 e. The van der Waals surface area contributed by atoms with Crippen molar-refractivity contribution in [2.75, 3.05) is 0 Å². The van der Waals surface area contributed by atoms with Gasteiger partial charge in [0.1, 0.15) is 20.1 Å². The summed E-state index contributed by atoms with van der Waals surface area (Å²) >= 11 is 1.50. The van der Waals surface area contributed by atoms with Crippen molar-refractivity contribution in [3.8, 4) is 0 Å². The topological polar surface area (TPSA) is 91.5 Å². The minimum Gasteiger partial charge on any atom is -0.462 e. The van der Waals surface area contributed by atoms with Gasteiger partial charge in [-0.3, -0.25) is 4.79 Å². The van der Waals surface area contributed by atoms with E-state index >= 15 is 0 Å². The summed E-state index contributed by atoms with van der Waals surface area (Å²) < 4.78 is 11.1. The predicted octanol–water partition coefficient (Wildman–Crippen LogP) is 3.72. The molecule has 2 heterocycles. The molecule has 2 rings (SSSR count). The van der Waals surface area contributed by atoms with Gasteiger partial charge in [-0.25, -0.2) is 9.78 Å². The largest absolute Gasteiger partial charge is 0.462 e. The third-order valence-corrected chi connectivity index (χ3v) is 5.70. The Morgan fingerprint density at radius 1 is 1.26 bits per heavy atom. The molecular formula is C23H31BN2O4S. The molecule has 1 aliphatic rings. The molecule has 2 radical (unpaired) electrons. The molecule has 0 spiro atoms. The lowest BCUT2D eigenvalue weighted by Gasteiger charge is -2.18. The quantitative estimate of drug-likeness (QED) is 0.527. The number of hydrogen-bond acceptors (Lipinski definition) is 7. The van der Waals surface area contributed by atoms with Gasteiger partial charge in [-0.1, -0.05) is 37.6 Å². The number of aromatic nitrogens is 1. The molecule has 2 bridgehead atoms. The summed E-state index contributed by atoms with van der Waals surface area (Å²) in [5.41, 5.74) is 8.66. The maximum atomic E-state index is 12.3. The number of rotatable bonds is 1. The van der Waals surface area contributed by atoms with Crippen molar-refractivity contribution in [3.63, 3.8) is 0 Å². The van der Waals surface area contributed by atoms with E-state index in [4.69, 9.17) is 23.1 Å². The highest BCUT2D eigenvalue weighted by atomic mass is 32.1. The molecule has 1 aromatic heterocycles. The van der Waals surface area contributed by atoms with E-state index in [0.29, 0.717) is 24.7 Å². The van der Waals surface area contributed by atoms with Gasteiger partial charge in [0.15, 0.2) is 0 Å². The van der Waals surface area contributed by atoms with Crippen LogP contribution in [0.25, 0.3) is 0 Å². The molecule has 4 atom stereocenters. The molecule has 0 saturated carbocycles. The number of allylic oxidation sites excluding steroid dienone is 3. The van der Waals surface area contributed by atoms with Gasteiger partial charge in [-0.05, 0) is 20.3 Å². The Balaban J connectivity index is 2.26. The average molecular weight is 442 g/mol. The standard InChI is InChI=1S/C23H31BN2O4S/c1-14-6-5-7-22(27)30-19(10-16(3)24)12-21-26-20(13-31-21)15(2)9-18(25)11-23(28)29-17(4)8-14/h5-7,10,13,15,17-19H,8-9,11-12,25H2,1-4H3/b7-5-,14-6+,16-10+/t15-,17?,18+,19?/m0/s1. The molecule has 1 aliphatic heterocycles. The van der Waals surface area contributed by atoms with Gasteiger partial charge in [-0.15, -0.1) is 16.8 Å². The number of hydrogen-bond donors (Lipinski definition) is 1. The van der Waals surface area contributed by atoms with E-state index in [1.54, 1.807) is 25.2 Å². The Morgan fingerprint density at radius 3 is 2.71 bits per heavy atom. The summed E-state index contributed by atoms with van der Waals surface area (Å²) in [6.07, 6.45) is 7.54. The SMILES string of the molecule is [B]/C(C)=C/C1Cc2nc(cs2)[C@@H](C)C[C@@H](N)CC(=O)OC(C)C/C(C)=C/C=C\C(=O)O1. The van der Waals surface area contributed by atoms with Gasteiger partial charge in [-0.2, -0.15) is 0 Å². The zero-order chi connectivity index (χ0) is 23.0. The van der Waals surface area contributed by atoms with E-state index in [9.17, 15) is 9.59 Å². The fourth-order valence-corrected chi connectivity index (χ4v) is 4.39. The first-order valence-electron chi connectivity index (χ1n) is 10.5. The van der Waals surface area contributed by atoms with Crippen LogP contribution in [-0.2, 0) is 25.5 Å². The lowest BCUT2D eigenvalue weighted by molar-refractivity contribution is -0.148. The highest BCUT2D eigenvalue weighted by Crippen LogP contribution is 2.25. The second kappa shape index (κ2) is 12.0. The Kier molecular flexibility index (Phi) is 9.71. The predicted molar refractivity (Wildman–Crippen MR) is 124 cm³/mol. The molecule has 31 heavy (non-hydrogen) atoms. The molecule has 2 unspecified atom stereocenters. The molecule has 0 fully saturated rings. The van der Waals surface area contributed by atoms with Crippen LogP contribution in [0.1, 0.15) is 63.6 Å². The minimum absolute atomic E-state index is 0.0909. The van der Waals surface area contributed by atoms with Gasteiger partial charge in [0.2, 0.25) is 0 Å². The normalized spacial score (nSPS) is 30.1. The number of nitrogens with two attached hydrogens (primary N) is 1. The van der Waals surface area contributed by atoms with Gasteiger partial charge in [0.25, 0.3) is 0 Å². The van der Waals surface area contributed by atoms with Crippen LogP contribution in [0.4, 0.5) is 0 Å². The fourth-order valence-electron chi connectivity index (χ4n) is 3.43. The monoisotopic (exact) mass is 442 g/mol. The second-order valence-corrected chi connectivity index (χ2v) is 9.18. The van der Waals surface area contributed by atoms with Crippen LogP contribution in [0, 0.1) is 0 Å². The molecule has 8 heteroatoms. The first-order chi connectivity index (χ1) is 14.6. The summed E-state index contributed by atoms with van der Waals surface area (Å²) in [5.74, 6) is -0.670. The van der Waals surface area contributed by atoms with Crippen molar-refractivity contribution >= 4 is 31.1 Å². The van der Waals surface area contributed by atoms with Crippen LogP contribution in [0.3, 0.4) is 0 Å². The Labute approximate surface area is 190 Å². The third kappa shape index (κ3) is 9.23. The van der Waals surface area contributed by atoms with Gasteiger partial charge in [0, 0.05) is 36.3 Å². The summed E-state index contributed by atoms with van der Waals surface area (Å²) in [7, 11) is 5.82. The molecule has 2 N–H and O–H groups in total. The van der Waals surface area contributed by atoms with E-state index in [0.717, 1.165) is 16.3 Å². The maximum absolute atomic E-state index is 12.3. The molecule has 0 amide bonds. The first-order valence-corrected chi connectivity index (χ1v) is 11.4. The number of carbonyl (C=O) groups is 2. The fraction of sp³-hybridized carbons (Fsp3) is 0.522. The summed E-state index contributed by atoms with van der Waals surface area (Å²) in [4.78, 5) is 29.2. The van der Waals surface area contributed by atoms with Gasteiger partial charge in [0.05, 0.1) is 17.1 Å². The molecule has 6 nitrogen and oxygen atoms in total. The number of ether oxygens (including phenoxy) is 2. The first kappa shape index (κ1) is 25.1.